The van der Waals surface area contributed by atoms with E-state index in [-0.39, 0.29) is 54.7 Å². The lowest BCUT2D eigenvalue weighted by Crippen LogP contribution is -2.49. The smallest absolute Gasteiger partial charge is 0.236 e. The molecule has 188 valence electrons. The van der Waals surface area contributed by atoms with E-state index in [4.69, 9.17) is 9.47 Å². The number of hydrogen-bond donors (Lipinski definition) is 0. The third-order valence-corrected chi connectivity index (χ3v) is 7.21. The summed E-state index contributed by atoms with van der Waals surface area (Å²) in [6, 6.07) is 0. The number of hydrogen-bond acceptors (Lipinski definition) is 6. The summed E-state index contributed by atoms with van der Waals surface area (Å²) in [7, 11) is 0. The van der Waals surface area contributed by atoms with Gasteiger partial charge in [0.1, 0.15) is 6.23 Å². The number of rotatable bonds is 4. The standard InChI is InChI=1S/C13H18FNO3.C12H17NO3/c1-4-10-8(2)13(3,14)12(18-10)15-6-5-9(16)7-11(15)17;1-3-10-8(2)6-12(16-10)13-5-4-9(14)7-11(13)15/h5-6,8,10,12H,4,7H2,1-3H3;4-5,8,10,12H,3,6-7H2,1-2H3/t8-,10-,12-,13-;8-,10+,12+/m10/s1. The molecule has 2 saturated heterocycles. The molecule has 0 radical (unpaired) electrons. The summed E-state index contributed by atoms with van der Waals surface area (Å²) in [6.07, 6.45) is 6.81. The highest BCUT2D eigenvalue weighted by Crippen LogP contribution is 2.42. The number of nitrogens with zero attached hydrogens (tertiary/aromatic N) is 2. The van der Waals surface area contributed by atoms with Crippen LogP contribution in [0.5, 0.6) is 0 Å². The zero-order valence-electron chi connectivity index (χ0n) is 20.5. The molecule has 0 aromatic carbocycles. The molecular weight excluding hydrogens is 443 g/mol. The normalized spacial score (nSPS) is 37.9. The van der Waals surface area contributed by atoms with Crippen LogP contribution in [0.15, 0.2) is 24.6 Å². The van der Waals surface area contributed by atoms with E-state index in [0.29, 0.717) is 12.3 Å². The Kier molecular flexibility index (Phi) is 8.08. The van der Waals surface area contributed by atoms with E-state index in [0.717, 1.165) is 12.8 Å². The summed E-state index contributed by atoms with van der Waals surface area (Å²) in [5, 5.41) is 0. The van der Waals surface area contributed by atoms with Crippen LogP contribution < -0.4 is 0 Å². The molecule has 4 aliphatic heterocycles. The van der Waals surface area contributed by atoms with E-state index in [1.54, 1.807) is 18.0 Å². The Balaban J connectivity index is 0.000000192. The highest BCUT2D eigenvalue weighted by Gasteiger charge is 2.54. The Hall–Kier alpha value is -2.39. The summed E-state index contributed by atoms with van der Waals surface area (Å²) in [6.45, 7) is 9.39. The lowest BCUT2D eigenvalue weighted by atomic mass is 9.88. The monoisotopic (exact) mass is 478 g/mol. The fourth-order valence-corrected chi connectivity index (χ4v) is 4.89. The molecule has 0 N–H and O–H groups in total. The Labute approximate surface area is 200 Å². The molecule has 0 bridgehead atoms. The van der Waals surface area contributed by atoms with Crippen molar-refractivity contribution >= 4 is 23.4 Å². The van der Waals surface area contributed by atoms with E-state index in [1.165, 1.54) is 30.2 Å². The first-order valence-electron chi connectivity index (χ1n) is 12.0. The maximum atomic E-state index is 14.7. The van der Waals surface area contributed by atoms with Gasteiger partial charge in [0, 0.05) is 18.3 Å². The molecular formula is C25H35FN2O6. The van der Waals surface area contributed by atoms with Gasteiger partial charge in [-0.2, -0.15) is 0 Å². The van der Waals surface area contributed by atoms with Crippen LogP contribution in [0.25, 0.3) is 0 Å². The molecule has 2 fully saturated rings. The second-order valence-electron chi connectivity index (χ2n) is 9.65. The molecule has 34 heavy (non-hydrogen) atoms. The van der Waals surface area contributed by atoms with Crippen molar-refractivity contribution in [3.05, 3.63) is 24.6 Å². The minimum Gasteiger partial charge on any atom is -0.354 e. The van der Waals surface area contributed by atoms with Gasteiger partial charge in [0.25, 0.3) is 0 Å². The summed E-state index contributed by atoms with van der Waals surface area (Å²) in [5.74, 6) is -0.754. The zero-order chi connectivity index (χ0) is 25.2. The van der Waals surface area contributed by atoms with Crippen LogP contribution in [-0.2, 0) is 28.7 Å². The van der Waals surface area contributed by atoms with Crippen molar-refractivity contribution in [3.63, 3.8) is 0 Å². The van der Waals surface area contributed by atoms with E-state index in [1.807, 2.05) is 6.92 Å². The average molecular weight is 479 g/mol. The number of ether oxygens (including phenoxy) is 2. The molecule has 0 aromatic heterocycles. The number of alkyl halides is 1. The van der Waals surface area contributed by atoms with E-state index >= 15 is 0 Å². The molecule has 0 saturated carbocycles. The minimum absolute atomic E-state index is 0.0263. The van der Waals surface area contributed by atoms with Gasteiger partial charge >= 0.3 is 0 Å². The lowest BCUT2D eigenvalue weighted by Gasteiger charge is -2.33. The fourth-order valence-electron chi connectivity index (χ4n) is 4.89. The molecule has 0 aromatic rings. The van der Waals surface area contributed by atoms with Crippen molar-refractivity contribution in [3.8, 4) is 0 Å². The third-order valence-electron chi connectivity index (χ3n) is 7.21. The van der Waals surface area contributed by atoms with Gasteiger partial charge in [-0.25, -0.2) is 4.39 Å². The van der Waals surface area contributed by atoms with Gasteiger partial charge < -0.3 is 9.47 Å². The van der Waals surface area contributed by atoms with Crippen molar-refractivity contribution < 1.29 is 33.0 Å². The number of halogens is 1. The molecule has 4 aliphatic rings. The summed E-state index contributed by atoms with van der Waals surface area (Å²) in [4.78, 5) is 48.4. The number of ketones is 2. The largest absolute Gasteiger partial charge is 0.354 e. The van der Waals surface area contributed by atoms with Gasteiger partial charge in [-0.1, -0.05) is 27.7 Å². The Morgan fingerprint density at radius 3 is 1.88 bits per heavy atom. The second kappa shape index (κ2) is 10.5. The SMILES string of the molecule is CC[C@H]1O[C@@H](N2C=CC(=O)CC2=O)C[C@@H]1C.CC[C@H]1O[C@@H](N2C=CC(=O)CC2=O)[C@](C)(F)[C@@H]1C. The van der Waals surface area contributed by atoms with Crippen molar-refractivity contribution in [2.75, 3.05) is 0 Å². The molecule has 0 aliphatic carbocycles. The van der Waals surface area contributed by atoms with Crippen LogP contribution >= 0.6 is 0 Å². The Morgan fingerprint density at radius 1 is 0.912 bits per heavy atom. The lowest BCUT2D eigenvalue weighted by molar-refractivity contribution is -0.150. The summed E-state index contributed by atoms with van der Waals surface area (Å²) in [5.41, 5.74) is -1.61. The van der Waals surface area contributed by atoms with Gasteiger partial charge in [-0.15, -0.1) is 0 Å². The molecule has 0 spiro atoms. The first-order chi connectivity index (χ1) is 16.0. The van der Waals surface area contributed by atoms with Crippen molar-refractivity contribution in [1.82, 2.24) is 9.80 Å². The van der Waals surface area contributed by atoms with Crippen molar-refractivity contribution in [1.29, 1.82) is 0 Å². The molecule has 8 nitrogen and oxygen atoms in total. The van der Waals surface area contributed by atoms with Crippen LogP contribution in [0, 0.1) is 11.8 Å². The van der Waals surface area contributed by atoms with E-state index in [9.17, 15) is 23.6 Å². The van der Waals surface area contributed by atoms with Crippen LogP contribution in [0.4, 0.5) is 4.39 Å². The number of carbonyl (C=O) groups excluding carboxylic acids is 4. The predicted octanol–water partition coefficient (Wildman–Crippen LogP) is 3.26. The summed E-state index contributed by atoms with van der Waals surface area (Å²) >= 11 is 0. The minimum atomic E-state index is -1.61. The quantitative estimate of drug-likeness (QED) is 0.576. The maximum Gasteiger partial charge on any atom is 0.236 e. The highest BCUT2D eigenvalue weighted by atomic mass is 19.1. The Morgan fingerprint density at radius 2 is 1.44 bits per heavy atom. The van der Waals surface area contributed by atoms with Crippen LogP contribution in [0.1, 0.15) is 66.7 Å². The van der Waals surface area contributed by atoms with Crippen LogP contribution in [-0.4, -0.2) is 63.5 Å². The molecule has 9 heteroatoms. The summed E-state index contributed by atoms with van der Waals surface area (Å²) < 4.78 is 26.2. The second-order valence-corrected chi connectivity index (χ2v) is 9.65. The maximum absolute atomic E-state index is 14.7. The fraction of sp³-hybridized carbons (Fsp3) is 0.680. The van der Waals surface area contributed by atoms with Gasteiger partial charge in [-0.3, -0.25) is 29.0 Å². The number of carbonyl (C=O) groups is 4. The molecule has 4 rings (SSSR count). The van der Waals surface area contributed by atoms with Gasteiger partial charge in [0.2, 0.25) is 11.8 Å². The molecule has 0 unspecified atom stereocenters. The van der Waals surface area contributed by atoms with Crippen molar-refractivity contribution in [2.24, 2.45) is 11.8 Å². The van der Waals surface area contributed by atoms with Gasteiger partial charge in [0.05, 0.1) is 25.0 Å². The first kappa shape index (κ1) is 26.2. The Bertz CT molecular complexity index is 885. The van der Waals surface area contributed by atoms with Gasteiger partial charge in [-0.05, 0) is 44.3 Å². The topological polar surface area (TPSA) is 93.2 Å². The third kappa shape index (κ3) is 5.30. The average Bonchev–Trinajstić information content (AvgIpc) is 3.25. The molecule has 2 amide bonds. The van der Waals surface area contributed by atoms with Crippen molar-refractivity contribution in [2.45, 2.75) is 97.1 Å². The molecule has 7 atom stereocenters. The first-order valence-corrected chi connectivity index (χ1v) is 12.0. The molecule has 4 heterocycles. The van der Waals surface area contributed by atoms with Crippen LogP contribution in [0.3, 0.4) is 0 Å². The van der Waals surface area contributed by atoms with Gasteiger partial charge in [0.15, 0.2) is 23.5 Å². The number of amides is 2. The van der Waals surface area contributed by atoms with E-state index in [2.05, 4.69) is 13.8 Å². The van der Waals surface area contributed by atoms with E-state index < -0.39 is 17.8 Å². The van der Waals surface area contributed by atoms with Crippen LogP contribution in [0.2, 0.25) is 0 Å². The highest BCUT2D eigenvalue weighted by molar-refractivity contribution is 6.07. The number of allylic oxidation sites excluding steroid dienone is 2. The zero-order valence-corrected chi connectivity index (χ0v) is 20.5. The predicted molar refractivity (Wildman–Crippen MR) is 122 cm³/mol.